The molecule has 0 aliphatic carbocycles. The zero-order valence-corrected chi connectivity index (χ0v) is 14.4. The Bertz CT molecular complexity index is 926. The average molecular weight is 334 g/mol. The summed E-state index contributed by atoms with van der Waals surface area (Å²) in [7, 11) is 5.56. The zero-order valence-electron chi connectivity index (χ0n) is 14.4. The molecule has 0 spiro atoms. The molecule has 0 radical (unpaired) electrons. The summed E-state index contributed by atoms with van der Waals surface area (Å²) >= 11 is 0. The summed E-state index contributed by atoms with van der Waals surface area (Å²) in [5, 5.41) is 29.8. The number of hydrogen-bond acceptors (Lipinski definition) is 7. The quantitative estimate of drug-likeness (QED) is 0.869. The molecule has 3 rings (SSSR count). The Balaban J connectivity index is 2.01. The lowest BCUT2D eigenvalue weighted by atomic mass is 10.0. The summed E-state index contributed by atoms with van der Waals surface area (Å²) in [6, 6.07) is 7.96. The van der Waals surface area contributed by atoms with Crippen molar-refractivity contribution in [1.82, 2.24) is 9.55 Å². The monoisotopic (exact) mass is 334 g/mol. The third-order valence-corrected chi connectivity index (χ3v) is 4.35. The maximum absolute atomic E-state index is 9.12. The second-order valence-corrected chi connectivity index (χ2v) is 5.86. The second kappa shape index (κ2) is 6.62. The molecular formula is C17H18N8. The van der Waals surface area contributed by atoms with Gasteiger partial charge in [0.15, 0.2) is 11.4 Å². The zero-order chi connectivity index (χ0) is 18.0. The van der Waals surface area contributed by atoms with Gasteiger partial charge in [0, 0.05) is 33.4 Å². The molecule has 1 aliphatic heterocycles. The molecule has 0 amide bonds. The predicted octanol–water partition coefficient (Wildman–Crippen LogP) is 3.00. The SMILES string of the molecule is CNc1cc2c(cc1N=Nc1nc(C#N)c(C#N)n1C)CCCN2C. The highest BCUT2D eigenvalue weighted by atomic mass is 15.3. The lowest BCUT2D eigenvalue weighted by Crippen LogP contribution is -2.24. The lowest BCUT2D eigenvalue weighted by molar-refractivity contribution is 0.744. The van der Waals surface area contributed by atoms with Gasteiger partial charge in [-0.05, 0) is 30.5 Å². The molecule has 1 aliphatic rings. The Morgan fingerprint density at radius 3 is 2.64 bits per heavy atom. The van der Waals surface area contributed by atoms with E-state index in [1.165, 1.54) is 15.8 Å². The number of aryl methyl sites for hydroxylation is 1. The standard InChI is InChI=1S/C17H18N8/c1-20-12-8-15-11(5-4-6-24(15)2)7-13(12)22-23-17-21-14(9-18)16(10-19)25(17)3/h7-8,20H,4-6H2,1-3H3. The third-order valence-electron chi connectivity index (χ3n) is 4.35. The molecule has 1 aromatic carbocycles. The third kappa shape index (κ3) is 2.90. The van der Waals surface area contributed by atoms with Crippen molar-refractivity contribution in [2.24, 2.45) is 17.3 Å². The van der Waals surface area contributed by atoms with Gasteiger partial charge in [0.25, 0.3) is 5.95 Å². The van der Waals surface area contributed by atoms with Crippen molar-refractivity contribution in [3.05, 3.63) is 29.1 Å². The fraction of sp³-hybridized carbons (Fsp3) is 0.353. The number of rotatable bonds is 3. The lowest BCUT2D eigenvalue weighted by Gasteiger charge is -2.28. The Hall–Kier alpha value is -3.39. The van der Waals surface area contributed by atoms with E-state index in [1.54, 1.807) is 7.05 Å². The molecule has 8 nitrogen and oxygen atoms in total. The topological polar surface area (TPSA) is 105 Å². The van der Waals surface area contributed by atoms with Crippen LogP contribution >= 0.6 is 0 Å². The Morgan fingerprint density at radius 2 is 2.00 bits per heavy atom. The molecule has 8 heteroatoms. The van der Waals surface area contributed by atoms with Crippen LogP contribution in [0.4, 0.5) is 23.0 Å². The van der Waals surface area contributed by atoms with E-state index in [9.17, 15) is 0 Å². The van der Waals surface area contributed by atoms with Gasteiger partial charge in [0.1, 0.15) is 17.8 Å². The number of hydrogen-bond donors (Lipinski definition) is 1. The van der Waals surface area contributed by atoms with Crippen LogP contribution in [0.1, 0.15) is 23.4 Å². The van der Waals surface area contributed by atoms with Crippen LogP contribution in [0.5, 0.6) is 0 Å². The van der Waals surface area contributed by atoms with Gasteiger partial charge in [0.2, 0.25) is 0 Å². The van der Waals surface area contributed by atoms with Gasteiger partial charge in [-0.1, -0.05) is 0 Å². The van der Waals surface area contributed by atoms with Crippen molar-refractivity contribution < 1.29 is 0 Å². The van der Waals surface area contributed by atoms with Crippen molar-refractivity contribution in [2.75, 3.05) is 30.9 Å². The van der Waals surface area contributed by atoms with Crippen molar-refractivity contribution in [3.8, 4) is 12.1 Å². The molecule has 1 N–H and O–H groups in total. The number of imidazole rings is 1. The van der Waals surface area contributed by atoms with Gasteiger partial charge >= 0.3 is 0 Å². The molecule has 0 saturated heterocycles. The first-order chi connectivity index (χ1) is 12.1. The highest BCUT2D eigenvalue weighted by Crippen LogP contribution is 2.36. The van der Waals surface area contributed by atoms with Gasteiger partial charge in [-0.15, -0.1) is 10.2 Å². The van der Waals surface area contributed by atoms with Crippen LogP contribution in [0, 0.1) is 22.7 Å². The van der Waals surface area contributed by atoms with E-state index in [-0.39, 0.29) is 17.3 Å². The highest BCUT2D eigenvalue weighted by molar-refractivity contribution is 5.75. The van der Waals surface area contributed by atoms with Crippen LogP contribution in [0.15, 0.2) is 22.4 Å². The predicted molar refractivity (Wildman–Crippen MR) is 94.4 cm³/mol. The van der Waals surface area contributed by atoms with Gasteiger partial charge < -0.3 is 14.8 Å². The molecule has 0 unspecified atom stereocenters. The molecule has 0 saturated carbocycles. The fourth-order valence-electron chi connectivity index (χ4n) is 2.97. The smallest absolute Gasteiger partial charge is 0.251 e. The maximum Gasteiger partial charge on any atom is 0.251 e. The number of benzene rings is 1. The van der Waals surface area contributed by atoms with Crippen LogP contribution in [0.2, 0.25) is 0 Å². The average Bonchev–Trinajstić information content (AvgIpc) is 2.94. The van der Waals surface area contributed by atoms with Crippen LogP contribution in [0.3, 0.4) is 0 Å². The van der Waals surface area contributed by atoms with Crippen LogP contribution < -0.4 is 10.2 Å². The molecule has 2 aromatic rings. The van der Waals surface area contributed by atoms with E-state index in [0.717, 1.165) is 25.1 Å². The number of anilines is 2. The Kier molecular flexibility index (Phi) is 4.36. The molecule has 0 atom stereocenters. The fourth-order valence-corrected chi connectivity index (χ4v) is 2.97. The van der Waals surface area contributed by atoms with Crippen molar-refractivity contribution in [1.29, 1.82) is 10.5 Å². The van der Waals surface area contributed by atoms with Crippen LogP contribution in [0.25, 0.3) is 0 Å². The summed E-state index contributed by atoms with van der Waals surface area (Å²) in [5.41, 5.74) is 4.24. The van der Waals surface area contributed by atoms with Crippen LogP contribution in [-0.4, -0.2) is 30.2 Å². The summed E-state index contributed by atoms with van der Waals surface area (Å²) in [4.78, 5) is 6.29. The first kappa shape index (κ1) is 16.5. The molecular weight excluding hydrogens is 316 g/mol. The van der Waals surface area contributed by atoms with Gasteiger partial charge in [0.05, 0.1) is 5.69 Å². The van der Waals surface area contributed by atoms with Gasteiger partial charge in [-0.3, -0.25) is 0 Å². The van der Waals surface area contributed by atoms with Crippen molar-refractivity contribution in [2.45, 2.75) is 12.8 Å². The molecule has 0 fully saturated rings. The van der Waals surface area contributed by atoms with E-state index in [4.69, 9.17) is 10.5 Å². The normalized spacial score (nSPS) is 13.4. The number of nitrogens with one attached hydrogen (secondary N) is 1. The van der Waals surface area contributed by atoms with Gasteiger partial charge in [-0.2, -0.15) is 15.5 Å². The second-order valence-electron chi connectivity index (χ2n) is 5.86. The van der Waals surface area contributed by atoms with Crippen molar-refractivity contribution >= 4 is 23.0 Å². The molecule has 126 valence electrons. The van der Waals surface area contributed by atoms with E-state index in [0.29, 0.717) is 5.69 Å². The number of nitriles is 2. The maximum atomic E-state index is 9.12. The number of aromatic nitrogens is 2. The Morgan fingerprint density at radius 1 is 1.20 bits per heavy atom. The first-order valence-corrected chi connectivity index (χ1v) is 7.93. The van der Waals surface area contributed by atoms with Gasteiger partial charge in [-0.25, -0.2) is 0 Å². The summed E-state index contributed by atoms with van der Waals surface area (Å²) in [6.07, 6.45) is 2.11. The summed E-state index contributed by atoms with van der Waals surface area (Å²) in [6.45, 7) is 1.04. The highest BCUT2D eigenvalue weighted by Gasteiger charge is 2.17. The van der Waals surface area contributed by atoms with E-state index < -0.39 is 0 Å². The van der Waals surface area contributed by atoms with E-state index >= 15 is 0 Å². The Labute approximate surface area is 146 Å². The first-order valence-electron chi connectivity index (χ1n) is 7.93. The molecule has 0 bridgehead atoms. The molecule has 25 heavy (non-hydrogen) atoms. The van der Waals surface area contributed by atoms with Crippen molar-refractivity contribution in [3.63, 3.8) is 0 Å². The number of nitrogens with zero attached hydrogens (tertiary/aromatic N) is 7. The molecule has 1 aromatic heterocycles. The van der Waals surface area contributed by atoms with E-state index in [1.807, 2.05) is 25.3 Å². The number of azo groups is 1. The number of fused-ring (bicyclic) bond motifs is 1. The van der Waals surface area contributed by atoms with E-state index in [2.05, 4.69) is 38.5 Å². The van der Waals surface area contributed by atoms with Crippen LogP contribution in [-0.2, 0) is 13.5 Å². The largest absolute Gasteiger partial charge is 0.386 e. The summed E-state index contributed by atoms with van der Waals surface area (Å²) in [5.74, 6) is 0.227. The molecule has 2 heterocycles. The minimum atomic E-state index is 0.0554. The summed E-state index contributed by atoms with van der Waals surface area (Å²) < 4.78 is 1.47. The minimum absolute atomic E-state index is 0.0554. The minimum Gasteiger partial charge on any atom is -0.386 e.